The third-order valence-electron chi connectivity index (χ3n) is 4.64. The highest BCUT2D eigenvalue weighted by Crippen LogP contribution is 2.47. The Bertz CT molecular complexity index is 1180. The lowest BCUT2D eigenvalue weighted by Gasteiger charge is -2.29. The molecule has 138 valence electrons. The van der Waals surface area contributed by atoms with Gasteiger partial charge in [-0.1, -0.05) is 59.6 Å². The maximum atomic E-state index is 11.7. The van der Waals surface area contributed by atoms with Crippen LogP contribution in [0.1, 0.15) is 24.0 Å². The Morgan fingerprint density at radius 3 is 2.43 bits per heavy atom. The van der Waals surface area contributed by atoms with E-state index in [4.69, 9.17) is 27.9 Å². The predicted molar refractivity (Wildman–Crippen MR) is 109 cm³/mol. The van der Waals surface area contributed by atoms with E-state index in [9.17, 15) is 10.1 Å². The van der Waals surface area contributed by atoms with Gasteiger partial charge in [0.05, 0.1) is 5.92 Å². The fourth-order valence-corrected chi connectivity index (χ4v) is 3.87. The van der Waals surface area contributed by atoms with Crippen LogP contribution in [-0.4, -0.2) is 5.91 Å². The van der Waals surface area contributed by atoms with Crippen LogP contribution >= 0.6 is 23.2 Å². The number of amides is 1. The van der Waals surface area contributed by atoms with E-state index in [1.165, 1.54) is 6.92 Å². The molecule has 4 rings (SSSR count). The Labute approximate surface area is 171 Å². The van der Waals surface area contributed by atoms with Gasteiger partial charge in [0.2, 0.25) is 11.8 Å². The fraction of sp³-hybridized carbons (Fsp3) is 0.0909. The first kappa shape index (κ1) is 18.4. The van der Waals surface area contributed by atoms with Gasteiger partial charge in [-0.2, -0.15) is 5.26 Å². The minimum Gasteiger partial charge on any atom is -0.439 e. The summed E-state index contributed by atoms with van der Waals surface area (Å²) in [6.45, 7) is 1.37. The summed E-state index contributed by atoms with van der Waals surface area (Å²) in [5.74, 6) is -0.0630. The van der Waals surface area contributed by atoms with Crippen LogP contribution in [0.15, 0.2) is 66.1 Å². The molecule has 3 aromatic rings. The summed E-state index contributed by atoms with van der Waals surface area (Å²) in [5.41, 5.74) is 1.91. The number of fused-ring (bicyclic) bond motifs is 3. The number of carbonyl (C=O) groups excluding carboxylic acids is 1. The Balaban J connectivity index is 2.04. The van der Waals surface area contributed by atoms with E-state index in [0.717, 1.165) is 21.9 Å². The van der Waals surface area contributed by atoms with Gasteiger partial charge < -0.3 is 4.74 Å². The number of nitrogens with zero attached hydrogens (tertiary/aromatic N) is 1. The molecule has 28 heavy (non-hydrogen) atoms. The van der Waals surface area contributed by atoms with Crippen molar-refractivity contribution in [1.29, 1.82) is 5.26 Å². The van der Waals surface area contributed by atoms with Crippen molar-refractivity contribution in [2.45, 2.75) is 12.8 Å². The Kier molecular flexibility index (Phi) is 4.72. The van der Waals surface area contributed by atoms with Crippen LogP contribution in [0.5, 0.6) is 5.75 Å². The molecule has 0 unspecified atom stereocenters. The van der Waals surface area contributed by atoms with Gasteiger partial charge in [-0.15, -0.1) is 0 Å². The van der Waals surface area contributed by atoms with Gasteiger partial charge in [0, 0.05) is 33.3 Å². The zero-order valence-electron chi connectivity index (χ0n) is 14.8. The number of nitriles is 1. The quantitative estimate of drug-likeness (QED) is 0.604. The van der Waals surface area contributed by atoms with Gasteiger partial charge in [0.25, 0.3) is 0 Å². The second-order valence-corrected chi connectivity index (χ2v) is 7.29. The van der Waals surface area contributed by atoms with E-state index in [2.05, 4.69) is 11.4 Å². The van der Waals surface area contributed by atoms with Crippen LogP contribution in [0, 0.1) is 11.3 Å². The van der Waals surface area contributed by atoms with Gasteiger partial charge in [-0.25, -0.2) is 0 Å². The number of allylic oxidation sites excluding steroid dienone is 1. The summed E-state index contributed by atoms with van der Waals surface area (Å²) in [7, 11) is 0. The molecule has 0 bridgehead atoms. The summed E-state index contributed by atoms with van der Waals surface area (Å²) in [6, 6.07) is 18.8. The lowest BCUT2D eigenvalue weighted by Crippen LogP contribution is -2.29. The Hall–Kier alpha value is -3.00. The van der Waals surface area contributed by atoms with E-state index in [1.54, 1.807) is 12.1 Å². The molecule has 3 aromatic carbocycles. The summed E-state index contributed by atoms with van der Waals surface area (Å²) < 4.78 is 6.03. The third-order valence-corrected chi connectivity index (χ3v) is 5.20. The van der Waals surface area contributed by atoms with Crippen LogP contribution in [0.25, 0.3) is 10.8 Å². The smallest absolute Gasteiger partial charge is 0.223 e. The van der Waals surface area contributed by atoms with Crippen molar-refractivity contribution in [2.75, 3.05) is 0 Å². The first-order chi connectivity index (χ1) is 13.5. The van der Waals surface area contributed by atoms with E-state index in [1.807, 2.05) is 42.5 Å². The molecule has 1 atom stereocenters. The SMILES string of the molecule is CC(=O)NC1=C(C#N)[C@@H](c2ccc(Cl)cc2)c2cc(Cl)c3ccccc3c2O1. The molecule has 4 nitrogen and oxygen atoms in total. The number of benzene rings is 3. The lowest BCUT2D eigenvalue weighted by molar-refractivity contribution is -0.118. The summed E-state index contributed by atoms with van der Waals surface area (Å²) in [5, 5.41) is 15.3. The highest BCUT2D eigenvalue weighted by Gasteiger charge is 2.33. The molecule has 0 aromatic heterocycles. The molecular weight excluding hydrogens is 395 g/mol. The molecule has 0 saturated carbocycles. The standard InChI is InChI=1S/C22H14Cl2N2O2/c1-12(27)26-22-18(11-25)20(13-6-8-14(23)9-7-13)17-10-19(24)15-4-2-3-5-16(15)21(17)28-22/h2-10,20H,1H3,(H,26,27)/t20-/m0/s1. The van der Waals surface area contributed by atoms with Crippen molar-refractivity contribution < 1.29 is 9.53 Å². The van der Waals surface area contributed by atoms with E-state index < -0.39 is 5.92 Å². The van der Waals surface area contributed by atoms with Crippen LogP contribution in [0.2, 0.25) is 10.0 Å². The molecule has 0 fully saturated rings. The van der Waals surface area contributed by atoms with Crippen molar-refractivity contribution >= 4 is 39.9 Å². The largest absolute Gasteiger partial charge is 0.439 e. The molecule has 1 amide bonds. The molecule has 1 N–H and O–H groups in total. The molecule has 1 aliphatic heterocycles. The number of carbonyl (C=O) groups is 1. The van der Waals surface area contributed by atoms with Gasteiger partial charge in [-0.05, 0) is 23.8 Å². The monoisotopic (exact) mass is 408 g/mol. The van der Waals surface area contributed by atoms with Gasteiger partial charge >= 0.3 is 0 Å². The average molecular weight is 409 g/mol. The second kappa shape index (κ2) is 7.20. The normalized spacial score (nSPS) is 15.6. The zero-order chi connectivity index (χ0) is 19.8. The van der Waals surface area contributed by atoms with Crippen LogP contribution in [-0.2, 0) is 4.79 Å². The molecular formula is C22H14Cl2N2O2. The van der Waals surface area contributed by atoms with Crippen molar-refractivity contribution in [3.05, 3.63) is 87.2 Å². The first-order valence-corrected chi connectivity index (χ1v) is 9.31. The first-order valence-electron chi connectivity index (χ1n) is 8.56. The zero-order valence-corrected chi connectivity index (χ0v) is 16.3. The predicted octanol–water partition coefficient (Wildman–Crippen LogP) is 5.54. The van der Waals surface area contributed by atoms with Crippen LogP contribution < -0.4 is 10.1 Å². The van der Waals surface area contributed by atoms with Crippen molar-refractivity contribution in [3.63, 3.8) is 0 Å². The maximum absolute atomic E-state index is 11.7. The summed E-state index contributed by atoms with van der Waals surface area (Å²) in [6.07, 6.45) is 0. The molecule has 0 spiro atoms. The maximum Gasteiger partial charge on any atom is 0.223 e. The highest BCUT2D eigenvalue weighted by atomic mass is 35.5. The summed E-state index contributed by atoms with van der Waals surface area (Å²) >= 11 is 12.6. The Morgan fingerprint density at radius 2 is 1.79 bits per heavy atom. The Morgan fingerprint density at radius 1 is 1.11 bits per heavy atom. The van der Waals surface area contributed by atoms with Crippen molar-refractivity contribution in [2.24, 2.45) is 0 Å². The topological polar surface area (TPSA) is 62.1 Å². The minimum atomic E-state index is -0.449. The van der Waals surface area contributed by atoms with Crippen molar-refractivity contribution in [1.82, 2.24) is 5.32 Å². The number of rotatable bonds is 2. The van der Waals surface area contributed by atoms with Crippen LogP contribution in [0.3, 0.4) is 0 Å². The molecule has 1 aliphatic rings. The third kappa shape index (κ3) is 3.09. The van der Waals surface area contributed by atoms with Crippen molar-refractivity contribution in [3.8, 4) is 11.8 Å². The number of hydrogen-bond donors (Lipinski definition) is 1. The minimum absolute atomic E-state index is 0.134. The number of hydrogen-bond acceptors (Lipinski definition) is 3. The van der Waals surface area contributed by atoms with E-state index in [-0.39, 0.29) is 11.8 Å². The molecule has 0 saturated heterocycles. The number of ether oxygens (including phenoxy) is 1. The summed E-state index contributed by atoms with van der Waals surface area (Å²) in [4.78, 5) is 11.7. The molecule has 1 heterocycles. The number of nitrogens with one attached hydrogen (secondary N) is 1. The molecule has 0 aliphatic carbocycles. The van der Waals surface area contributed by atoms with Crippen LogP contribution in [0.4, 0.5) is 0 Å². The average Bonchev–Trinajstić information content (AvgIpc) is 2.68. The highest BCUT2D eigenvalue weighted by molar-refractivity contribution is 6.36. The molecule has 6 heteroatoms. The van der Waals surface area contributed by atoms with Gasteiger partial charge in [0.15, 0.2) is 0 Å². The van der Waals surface area contributed by atoms with E-state index >= 15 is 0 Å². The fourth-order valence-electron chi connectivity index (χ4n) is 3.47. The lowest BCUT2D eigenvalue weighted by atomic mass is 9.82. The molecule has 0 radical (unpaired) electrons. The number of halogens is 2. The van der Waals surface area contributed by atoms with E-state index in [0.29, 0.717) is 21.4 Å². The van der Waals surface area contributed by atoms with Gasteiger partial charge in [0.1, 0.15) is 17.4 Å². The van der Waals surface area contributed by atoms with Gasteiger partial charge in [-0.3, -0.25) is 10.1 Å². The second-order valence-electron chi connectivity index (χ2n) is 6.44.